The van der Waals surface area contributed by atoms with Crippen molar-refractivity contribution in [1.29, 1.82) is 0 Å². The first-order valence-electron chi connectivity index (χ1n) is 6.87. The lowest BCUT2D eigenvalue weighted by molar-refractivity contribution is 0.474. The molecule has 1 aromatic carbocycles. The minimum atomic E-state index is -0.0783. The van der Waals surface area contributed by atoms with Crippen molar-refractivity contribution in [2.75, 3.05) is 0 Å². The van der Waals surface area contributed by atoms with Gasteiger partial charge in [0.2, 0.25) is 0 Å². The van der Waals surface area contributed by atoms with Crippen molar-refractivity contribution in [2.24, 2.45) is 5.84 Å². The van der Waals surface area contributed by atoms with Crippen LogP contribution in [0.1, 0.15) is 49.7 Å². The number of rotatable bonds is 5. The average Bonchev–Trinajstić information content (AvgIpc) is 2.83. The Hall–Kier alpha value is -1.17. The highest BCUT2D eigenvalue weighted by Gasteiger charge is 2.23. The van der Waals surface area contributed by atoms with Crippen LogP contribution in [-0.2, 0) is 6.42 Å². The van der Waals surface area contributed by atoms with E-state index in [1.165, 1.54) is 11.1 Å². The average molecular weight is 337 g/mol. The van der Waals surface area contributed by atoms with Gasteiger partial charge in [0.25, 0.3) is 0 Å². The predicted molar refractivity (Wildman–Crippen MR) is 85.3 cm³/mol. The van der Waals surface area contributed by atoms with Crippen LogP contribution in [0.4, 0.5) is 0 Å². The van der Waals surface area contributed by atoms with Gasteiger partial charge in [-0.1, -0.05) is 31.2 Å². The fourth-order valence-corrected chi connectivity index (χ4v) is 2.99. The molecular weight excluding hydrogens is 316 g/mol. The minimum absolute atomic E-state index is 0.0783. The summed E-state index contributed by atoms with van der Waals surface area (Å²) in [6.07, 6.45) is 2.80. The van der Waals surface area contributed by atoms with E-state index in [4.69, 9.17) is 5.84 Å². The van der Waals surface area contributed by atoms with E-state index in [0.29, 0.717) is 0 Å². The molecule has 4 nitrogen and oxygen atoms in total. The fraction of sp³-hybridized carbons (Fsp3) is 0.400. The first kappa shape index (κ1) is 15.2. The van der Waals surface area contributed by atoms with Crippen molar-refractivity contribution < 1.29 is 0 Å². The summed E-state index contributed by atoms with van der Waals surface area (Å²) in [5.41, 5.74) is 6.49. The normalized spacial score (nSPS) is 12.9. The van der Waals surface area contributed by atoms with Crippen molar-refractivity contribution in [3.8, 4) is 0 Å². The second-order valence-corrected chi connectivity index (χ2v) is 5.92. The Morgan fingerprint density at radius 1 is 1.35 bits per heavy atom. The van der Waals surface area contributed by atoms with Crippen LogP contribution in [-0.4, -0.2) is 9.78 Å². The molecule has 0 fully saturated rings. The van der Waals surface area contributed by atoms with Crippen LogP contribution in [0.25, 0.3) is 0 Å². The molecule has 1 unspecified atom stereocenters. The molecule has 0 saturated heterocycles. The fourth-order valence-electron chi connectivity index (χ4n) is 2.49. The number of nitrogens with two attached hydrogens (primary N) is 1. The second-order valence-electron chi connectivity index (χ2n) is 5.07. The third-order valence-electron chi connectivity index (χ3n) is 3.46. The van der Waals surface area contributed by atoms with Gasteiger partial charge in [-0.25, -0.2) is 5.43 Å². The van der Waals surface area contributed by atoms with E-state index in [9.17, 15) is 0 Å². The molecule has 2 rings (SSSR count). The molecule has 0 bridgehead atoms. The molecule has 1 atom stereocenters. The molecule has 108 valence electrons. The van der Waals surface area contributed by atoms with Crippen LogP contribution in [0.3, 0.4) is 0 Å². The molecule has 20 heavy (non-hydrogen) atoms. The lowest BCUT2D eigenvalue weighted by atomic mass is 9.96. The van der Waals surface area contributed by atoms with E-state index in [1.54, 1.807) is 0 Å². The van der Waals surface area contributed by atoms with Crippen LogP contribution < -0.4 is 11.3 Å². The van der Waals surface area contributed by atoms with Gasteiger partial charge in [-0.05, 0) is 47.3 Å². The van der Waals surface area contributed by atoms with Crippen molar-refractivity contribution in [3.05, 3.63) is 51.8 Å². The van der Waals surface area contributed by atoms with Gasteiger partial charge in [-0.2, -0.15) is 5.10 Å². The van der Waals surface area contributed by atoms with E-state index in [1.807, 2.05) is 16.9 Å². The third kappa shape index (κ3) is 2.80. The van der Waals surface area contributed by atoms with Crippen molar-refractivity contribution in [1.82, 2.24) is 15.2 Å². The predicted octanol–water partition coefficient (Wildman–Crippen LogP) is 3.34. The quantitative estimate of drug-likeness (QED) is 0.650. The second kappa shape index (κ2) is 6.52. The summed E-state index contributed by atoms with van der Waals surface area (Å²) in [6.45, 7) is 6.38. The van der Waals surface area contributed by atoms with E-state index in [-0.39, 0.29) is 12.1 Å². The van der Waals surface area contributed by atoms with Crippen LogP contribution in [0, 0.1) is 0 Å². The molecule has 3 N–H and O–H groups in total. The molecule has 2 aromatic rings. The van der Waals surface area contributed by atoms with E-state index < -0.39 is 0 Å². The molecule has 0 aliphatic rings. The number of benzene rings is 1. The summed E-state index contributed by atoms with van der Waals surface area (Å²) < 4.78 is 2.97. The molecular formula is C15H21BrN4. The summed E-state index contributed by atoms with van der Waals surface area (Å²) in [6, 6.07) is 8.57. The summed E-state index contributed by atoms with van der Waals surface area (Å²) in [5, 5.41) is 4.44. The van der Waals surface area contributed by atoms with Gasteiger partial charge in [0.05, 0.1) is 22.4 Å². The Balaban J connectivity index is 2.55. The highest BCUT2D eigenvalue weighted by Crippen LogP contribution is 2.31. The smallest absolute Gasteiger partial charge is 0.0892 e. The Morgan fingerprint density at radius 2 is 2.05 bits per heavy atom. The first-order valence-corrected chi connectivity index (χ1v) is 7.66. The Kier molecular flexibility index (Phi) is 4.96. The van der Waals surface area contributed by atoms with E-state index in [0.717, 1.165) is 16.6 Å². The molecule has 0 spiro atoms. The number of halogens is 1. The molecule has 0 radical (unpaired) electrons. The molecule has 0 saturated carbocycles. The summed E-state index contributed by atoms with van der Waals surface area (Å²) in [5.74, 6) is 5.85. The zero-order valence-corrected chi connectivity index (χ0v) is 13.7. The molecule has 1 aromatic heterocycles. The van der Waals surface area contributed by atoms with Gasteiger partial charge in [0, 0.05) is 6.04 Å². The van der Waals surface area contributed by atoms with Gasteiger partial charge in [0.15, 0.2) is 0 Å². The van der Waals surface area contributed by atoms with E-state index in [2.05, 4.69) is 65.4 Å². The molecule has 0 aliphatic heterocycles. The maximum atomic E-state index is 5.85. The van der Waals surface area contributed by atoms with Crippen molar-refractivity contribution >= 4 is 15.9 Å². The summed E-state index contributed by atoms with van der Waals surface area (Å²) in [7, 11) is 0. The largest absolute Gasteiger partial charge is 0.271 e. The molecule has 1 heterocycles. The third-order valence-corrected chi connectivity index (χ3v) is 4.07. The van der Waals surface area contributed by atoms with Crippen LogP contribution >= 0.6 is 15.9 Å². The number of aryl methyl sites for hydroxylation is 1. The van der Waals surface area contributed by atoms with Crippen molar-refractivity contribution in [3.63, 3.8) is 0 Å². The van der Waals surface area contributed by atoms with Crippen molar-refractivity contribution in [2.45, 2.75) is 39.3 Å². The van der Waals surface area contributed by atoms with Gasteiger partial charge < -0.3 is 0 Å². The van der Waals surface area contributed by atoms with Gasteiger partial charge in [-0.15, -0.1) is 0 Å². The lowest BCUT2D eigenvalue weighted by Crippen LogP contribution is -2.32. The van der Waals surface area contributed by atoms with Crippen LogP contribution in [0.2, 0.25) is 0 Å². The zero-order chi connectivity index (χ0) is 14.7. The van der Waals surface area contributed by atoms with Gasteiger partial charge >= 0.3 is 0 Å². The number of aromatic nitrogens is 2. The number of hydrogen-bond donors (Lipinski definition) is 2. The topological polar surface area (TPSA) is 55.9 Å². The summed E-state index contributed by atoms with van der Waals surface area (Å²) >= 11 is 3.59. The zero-order valence-electron chi connectivity index (χ0n) is 12.1. The number of hydrazine groups is 1. The van der Waals surface area contributed by atoms with Gasteiger partial charge in [-0.3, -0.25) is 10.5 Å². The van der Waals surface area contributed by atoms with Crippen LogP contribution in [0.5, 0.6) is 0 Å². The molecule has 0 aliphatic carbocycles. The SMILES string of the molecule is CCc1ccccc1C(NN)c1c(Br)cnn1C(C)C. The monoisotopic (exact) mass is 336 g/mol. The molecule has 0 amide bonds. The van der Waals surface area contributed by atoms with Gasteiger partial charge in [0.1, 0.15) is 0 Å². The highest BCUT2D eigenvalue weighted by atomic mass is 79.9. The Morgan fingerprint density at radius 3 is 2.65 bits per heavy atom. The Bertz CT molecular complexity index is 577. The molecule has 5 heteroatoms. The maximum Gasteiger partial charge on any atom is 0.0892 e. The standard InChI is InChI=1S/C15H21BrN4/c1-4-11-7-5-6-8-12(11)14(19-17)15-13(16)9-18-20(15)10(2)3/h5-10,14,19H,4,17H2,1-3H3. The first-order chi connectivity index (χ1) is 9.60. The number of nitrogens with one attached hydrogen (secondary N) is 1. The lowest BCUT2D eigenvalue weighted by Gasteiger charge is -2.22. The summed E-state index contributed by atoms with van der Waals surface area (Å²) in [4.78, 5) is 0. The van der Waals surface area contributed by atoms with E-state index >= 15 is 0 Å². The number of nitrogens with zero attached hydrogens (tertiary/aromatic N) is 2. The minimum Gasteiger partial charge on any atom is -0.271 e. The van der Waals surface area contributed by atoms with Crippen LogP contribution in [0.15, 0.2) is 34.9 Å². The number of hydrogen-bond acceptors (Lipinski definition) is 3. The Labute approximate surface area is 128 Å². The maximum absolute atomic E-state index is 5.85. The highest BCUT2D eigenvalue weighted by molar-refractivity contribution is 9.10.